The Labute approximate surface area is 116 Å². The summed E-state index contributed by atoms with van der Waals surface area (Å²) < 4.78 is 1.87. The monoisotopic (exact) mass is 265 g/mol. The molecule has 1 rings (SSSR count). The lowest BCUT2D eigenvalue weighted by molar-refractivity contribution is -0.124. The third-order valence-corrected chi connectivity index (χ3v) is 3.41. The predicted molar refractivity (Wildman–Crippen MR) is 78.2 cm³/mol. The normalized spacial score (nSPS) is 12.4. The standard InChI is InChI=1S/C15H27N3O/c1-5-8-9-10-16-15(19)12(4)18-14(7-3)11-13(6-2)17-18/h11-12H,5-10H2,1-4H3,(H,16,19). The molecular weight excluding hydrogens is 238 g/mol. The summed E-state index contributed by atoms with van der Waals surface area (Å²) in [6.07, 6.45) is 5.20. The maximum Gasteiger partial charge on any atom is 0.244 e. The van der Waals surface area contributed by atoms with E-state index in [9.17, 15) is 4.79 Å². The number of carbonyl (C=O) groups is 1. The second kappa shape index (κ2) is 7.97. The minimum Gasteiger partial charge on any atom is -0.354 e. The zero-order chi connectivity index (χ0) is 14.3. The topological polar surface area (TPSA) is 46.9 Å². The number of nitrogens with one attached hydrogen (secondary N) is 1. The second-order valence-electron chi connectivity index (χ2n) is 4.95. The quantitative estimate of drug-likeness (QED) is 0.735. The molecule has 0 fully saturated rings. The van der Waals surface area contributed by atoms with Gasteiger partial charge in [-0.15, -0.1) is 0 Å². The SMILES string of the molecule is CCCCCNC(=O)C(C)n1nc(CC)cc1CC. The summed E-state index contributed by atoms with van der Waals surface area (Å²) >= 11 is 0. The molecule has 108 valence electrons. The van der Waals surface area contributed by atoms with E-state index in [1.807, 2.05) is 11.6 Å². The molecule has 1 amide bonds. The summed E-state index contributed by atoms with van der Waals surface area (Å²) in [4.78, 5) is 12.1. The molecule has 1 heterocycles. The Morgan fingerprint density at radius 2 is 2.05 bits per heavy atom. The highest BCUT2D eigenvalue weighted by Gasteiger charge is 2.18. The van der Waals surface area contributed by atoms with E-state index in [1.54, 1.807) is 0 Å². The fourth-order valence-corrected chi connectivity index (χ4v) is 2.11. The van der Waals surface area contributed by atoms with Crippen LogP contribution in [0.4, 0.5) is 0 Å². The smallest absolute Gasteiger partial charge is 0.244 e. The first-order chi connectivity index (χ1) is 9.13. The molecule has 0 aliphatic carbocycles. The van der Waals surface area contributed by atoms with Crippen LogP contribution >= 0.6 is 0 Å². The Hall–Kier alpha value is -1.32. The Balaban J connectivity index is 2.62. The summed E-state index contributed by atoms with van der Waals surface area (Å²) in [5.41, 5.74) is 2.19. The summed E-state index contributed by atoms with van der Waals surface area (Å²) in [6.45, 7) is 9.02. The Morgan fingerprint density at radius 3 is 2.63 bits per heavy atom. The van der Waals surface area contributed by atoms with Crippen molar-refractivity contribution in [1.29, 1.82) is 0 Å². The average Bonchev–Trinajstić information content (AvgIpc) is 2.85. The molecule has 1 aromatic heterocycles. The van der Waals surface area contributed by atoms with E-state index in [2.05, 4.69) is 37.3 Å². The van der Waals surface area contributed by atoms with Gasteiger partial charge in [0.05, 0.1) is 5.69 Å². The summed E-state index contributed by atoms with van der Waals surface area (Å²) in [5, 5.41) is 7.52. The largest absolute Gasteiger partial charge is 0.354 e. The molecule has 19 heavy (non-hydrogen) atoms. The molecule has 0 saturated heterocycles. The van der Waals surface area contributed by atoms with E-state index in [0.29, 0.717) is 0 Å². The number of carbonyl (C=O) groups excluding carboxylic acids is 1. The number of hydrogen-bond donors (Lipinski definition) is 1. The zero-order valence-electron chi connectivity index (χ0n) is 12.7. The molecule has 0 aliphatic rings. The number of hydrogen-bond acceptors (Lipinski definition) is 2. The van der Waals surface area contributed by atoms with Crippen LogP contribution in [0.25, 0.3) is 0 Å². The van der Waals surface area contributed by atoms with Crippen molar-refractivity contribution in [2.24, 2.45) is 0 Å². The second-order valence-corrected chi connectivity index (χ2v) is 4.95. The molecule has 1 unspecified atom stereocenters. The van der Waals surface area contributed by atoms with E-state index in [0.717, 1.165) is 43.6 Å². The van der Waals surface area contributed by atoms with Gasteiger partial charge in [-0.1, -0.05) is 33.6 Å². The molecule has 4 nitrogen and oxygen atoms in total. The van der Waals surface area contributed by atoms with Crippen LogP contribution in [0.2, 0.25) is 0 Å². The lowest BCUT2D eigenvalue weighted by Crippen LogP contribution is -2.32. The Morgan fingerprint density at radius 1 is 1.32 bits per heavy atom. The molecule has 1 atom stereocenters. The van der Waals surface area contributed by atoms with E-state index in [4.69, 9.17) is 0 Å². The van der Waals surface area contributed by atoms with E-state index >= 15 is 0 Å². The summed E-state index contributed by atoms with van der Waals surface area (Å²) in [5.74, 6) is 0.0663. The predicted octanol–water partition coefficient (Wildman–Crippen LogP) is 2.88. The molecule has 0 aliphatic heterocycles. The molecule has 0 spiro atoms. The van der Waals surface area contributed by atoms with Crippen molar-refractivity contribution < 1.29 is 4.79 Å². The van der Waals surface area contributed by atoms with E-state index < -0.39 is 0 Å². The minimum atomic E-state index is -0.225. The lowest BCUT2D eigenvalue weighted by atomic mass is 10.2. The van der Waals surface area contributed by atoms with Crippen LogP contribution in [-0.4, -0.2) is 22.2 Å². The first-order valence-electron chi connectivity index (χ1n) is 7.48. The first-order valence-corrected chi connectivity index (χ1v) is 7.48. The number of aromatic nitrogens is 2. The third kappa shape index (κ3) is 4.37. The van der Waals surface area contributed by atoms with Gasteiger partial charge in [-0.05, 0) is 32.3 Å². The molecule has 0 aromatic carbocycles. The average molecular weight is 265 g/mol. The van der Waals surface area contributed by atoms with Crippen LogP contribution in [-0.2, 0) is 17.6 Å². The van der Waals surface area contributed by atoms with Crippen molar-refractivity contribution in [2.75, 3.05) is 6.54 Å². The van der Waals surface area contributed by atoms with Gasteiger partial charge in [-0.25, -0.2) is 0 Å². The van der Waals surface area contributed by atoms with Gasteiger partial charge < -0.3 is 5.32 Å². The highest BCUT2D eigenvalue weighted by atomic mass is 16.2. The number of amides is 1. The van der Waals surface area contributed by atoms with Crippen LogP contribution in [0.3, 0.4) is 0 Å². The number of rotatable bonds is 8. The minimum absolute atomic E-state index is 0.0663. The van der Waals surface area contributed by atoms with Crippen molar-refractivity contribution in [2.45, 2.75) is 65.8 Å². The molecule has 0 bridgehead atoms. The molecule has 0 radical (unpaired) electrons. The van der Waals surface area contributed by atoms with E-state index in [-0.39, 0.29) is 11.9 Å². The van der Waals surface area contributed by atoms with E-state index in [1.165, 1.54) is 6.42 Å². The van der Waals surface area contributed by atoms with Gasteiger partial charge in [-0.3, -0.25) is 9.48 Å². The van der Waals surface area contributed by atoms with Crippen LogP contribution < -0.4 is 5.32 Å². The van der Waals surface area contributed by atoms with Gasteiger partial charge >= 0.3 is 0 Å². The molecule has 1 N–H and O–H groups in total. The summed E-state index contributed by atoms with van der Waals surface area (Å²) in [6, 6.07) is 1.87. The van der Waals surface area contributed by atoms with Gasteiger partial charge in [0.15, 0.2) is 0 Å². The van der Waals surface area contributed by atoms with Crippen molar-refractivity contribution in [3.63, 3.8) is 0 Å². The van der Waals surface area contributed by atoms with Crippen molar-refractivity contribution in [3.05, 3.63) is 17.5 Å². The van der Waals surface area contributed by atoms with Gasteiger partial charge in [0.25, 0.3) is 0 Å². The van der Waals surface area contributed by atoms with Gasteiger partial charge in [0, 0.05) is 12.2 Å². The third-order valence-electron chi connectivity index (χ3n) is 3.41. The van der Waals surface area contributed by atoms with Crippen LogP contribution in [0, 0.1) is 0 Å². The fourth-order valence-electron chi connectivity index (χ4n) is 2.11. The van der Waals surface area contributed by atoms with Gasteiger partial charge in [0.2, 0.25) is 5.91 Å². The first kappa shape index (κ1) is 15.7. The van der Waals surface area contributed by atoms with Crippen molar-refractivity contribution >= 4 is 5.91 Å². The number of nitrogens with zero attached hydrogens (tertiary/aromatic N) is 2. The molecule has 0 saturated carbocycles. The van der Waals surface area contributed by atoms with Crippen LogP contribution in [0.15, 0.2) is 6.07 Å². The fraction of sp³-hybridized carbons (Fsp3) is 0.733. The molecule has 4 heteroatoms. The highest BCUT2D eigenvalue weighted by molar-refractivity contribution is 5.79. The van der Waals surface area contributed by atoms with Gasteiger partial charge in [0.1, 0.15) is 6.04 Å². The van der Waals surface area contributed by atoms with Crippen LogP contribution in [0.5, 0.6) is 0 Å². The highest BCUT2D eigenvalue weighted by Crippen LogP contribution is 2.13. The molecular formula is C15H27N3O. The van der Waals surface area contributed by atoms with Gasteiger partial charge in [-0.2, -0.15) is 5.10 Å². The Kier molecular flexibility index (Phi) is 6.60. The van der Waals surface area contributed by atoms with Crippen LogP contribution in [0.1, 0.15) is 64.4 Å². The summed E-state index contributed by atoms with van der Waals surface area (Å²) in [7, 11) is 0. The lowest BCUT2D eigenvalue weighted by Gasteiger charge is -2.15. The number of aryl methyl sites for hydroxylation is 2. The molecule has 1 aromatic rings. The van der Waals surface area contributed by atoms with Crippen molar-refractivity contribution in [1.82, 2.24) is 15.1 Å². The number of unbranched alkanes of at least 4 members (excludes halogenated alkanes) is 2. The maximum atomic E-state index is 12.1. The Bertz CT molecular complexity index is 398. The maximum absolute atomic E-state index is 12.1. The van der Waals surface area contributed by atoms with Crippen molar-refractivity contribution in [3.8, 4) is 0 Å². The zero-order valence-corrected chi connectivity index (χ0v) is 12.7.